The van der Waals surface area contributed by atoms with Gasteiger partial charge in [0.15, 0.2) is 0 Å². The minimum atomic E-state index is 0.493. The summed E-state index contributed by atoms with van der Waals surface area (Å²) >= 11 is 0. The number of nitrogens with one attached hydrogen (secondary N) is 1. The van der Waals surface area contributed by atoms with Gasteiger partial charge in [0, 0.05) is 12.6 Å². The van der Waals surface area contributed by atoms with Crippen LogP contribution in [0.1, 0.15) is 51.6 Å². The van der Waals surface area contributed by atoms with Crippen molar-refractivity contribution in [2.45, 2.75) is 46.1 Å². The van der Waals surface area contributed by atoms with Crippen LogP contribution < -0.4 is 5.32 Å². The second-order valence-electron chi connectivity index (χ2n) is 7.11. The van der Waals surface area contributed by atoms with Crippen molar-refractivity contribution in [3.8, 4) is 0 Å². The van der Waals surface area contributed by atoms with Crippen LogP contribution in [-0.4, -0.2) is 31.1 Å². The van der Waals surface area contributed by atoms with Gasteiger partial charge in [-0.2, -0.15) is 0 Å². The molecule has 0 saturated carbocycles. The van der Waals surface area contributed by atoms with Crippen molar-refractivity contribution < 1.29 is 0 Å². The second-order valence-corrected chi connectivity index (χ2v) is 7.11. The van der Waals surface area contributed by atoms with Gasteiger partial charge in [0.2, 0.25) is 0 Å². The Kier molecular flexibility index (Phi) is 6.72. The Morgan fingerprint density at radius 2 is 1.71 bits per heavy atom. The van der Waals surface area contributed by atoms with E-state index < -0.39 is 0 Å². The van der Waals surface area contributed by atoms with Gasteiger partial charge in [0.1, 0.15) is 0 Å². The molecule has 1 saturated heterocycles. The Bertz CT molecular complexity index is 382. The molecule has 0 amide bonds. The van der Waals surface area contributed by atoms with E-state index in [1.165, 1.54) is 44.5 Å². The zero-order chi connectivity index (χ0) is 15.1. The normalized spacial score (nSPS) is 19.0. The second kappa shape index (κ2) is 8.55. The Morgan fingerprint density at radius 1 is 1.05 bits per heavy atom. The Morgan fingerprint density at radius 3 is 2.33 bits per heavy atom. The molecule has 1 heterocycles. The van der Waals surface area contributed by atoms with Crippen LogP contribution >= 0.6 is 0 Å². The molecule has 1 N–H and O–H groups in total. The molecule has 2 atom stereocenters. The topological polar surface area (TPSA) is 15.3 Å². The maximum absolute atomic E-state index is 3.81. The molecule has 1 aliphatic rings. The largest absolute Gasteiger partial charge is 0.310 e. The Hall–Kier alpha value is -0.860. The van der Waals surface area contributed by atoms with E-state index >= 15 is 0 Å². The smallest absolute Gasteiger partial charge is 0.0322 e. The molecule has 1 aromatic rings. The third kappa shape index (κ3) is 5.80. The highest BCUT2D eigenvalue weighted by Crippen LogP contribution is 2.21. The van der Waals surface area contributed by atoms with Gasteiger partial charge < -0.3 is 10.2 Å². The number of hydrogen-bond acceptors (Lipinski definition) is 2. The summed E-state index contributed by atoms with van der Waals surface area (Å²) in [6.07, 6.45) is 3.99. The minimum Gasteiger partial charge on any atom is -0.310 e. The quantitative estimate of drug-likeness (QED) is 0.775. The van der Waals surface area contributed by atoms with E-state index in [1.807, 2.05) is 0 Å². The molecule has 2 rings (SSSR count). The van der Waals surface area contributed by atoms with Crippen LogP contribution in [0.15, 0.2) is 30.3 Å². The predicted octanol–water partition coefficient (Wildman–Crippen LogP) is 4.10. The van der Waals surface area contributed by atoms with Crippen molar-refractivity contribution in [1.29, 1.82) is 0 Å². The lowest BCUT2D eigenvalue weighted by Crippen LogP contribution is -2.33. The summed E-state index contributed by atoms with van der Waals surface area (Å²) in [7, 11) is 0. The number of hydrogen-bond donors (Lipinski definition) is 1. The summed E-state index contributed by atoms with van der Waals surface area (Å²) in [5.74, 6) is 1.44. The van der Waals surface area contributed by atoms with E-state index in [9.17, 15) is 0 Å². The zero-order valence-corrected chi connectivity index (χ0v) is 14.0. The van der Waals surface area contributed by atoms with Crippen LogP contribution in [0, 0.1) is 11.8 Å². The summed E-state index contributed by atoms with van der Waals surface area (Å²) in [5.41, 5.74) is 1.43. The summed E-state index contributed by atoms with van der Waals surface area (Å²) in [6.45, 7) is 12.0. The first kappa shape index (κ1) is 16.5. The van der Waals surface area contributed by atoms with E-state index in [1.54, 1.807) is 0 Å². The Labute approximate surface area is 130 Å². The molecule has 21 heavy (non-hydrogen) atoms. The summed E-state index contributed by atoms with van der Waals surface area (Å²) in [6, 6.07) is 11.4. The average Bonchev–Trinajstić information content (AvgIpc) is 2.97. The summed E-state index contributed by atoms with van der Waals surface area (Å²) in [4.78, 5) is 2.62. The van der Waals surface area contributed by atoms with Gasteiger partial charge in [-0.05, 0) is 56.3 Å². The highest BCUT2D eigenvalue weighted by Gasteiger charge is 2.17. The maximum Gasteiger partial charge on any atom is 0.0322 e. The molecule has 2 nitrogen and oxygen atoms in total. The Balaban J connectivity index is 1.83. The first-order valence-corrected chi connectivity index (χ1v) is 8.66. The van der Waals surface area contributed by atoms with E-state index in [-0.39, 0.29) is 0 Å². The molecule has 0 aromatic heterocycles. The highest BCUT2D eigenvalue weighted by atomic mass is 15.1. The minimum absolute atomic E-state index is 0.493. The SMILES string of the molecule is CC(C)CC(NCC(C)CN1CCCC1)c1ccccc1. The van der Waals surface area contributed by atoms with Crippen LogP contribution in [0.2, 0.25) is 0 Å². The van der Waals surface area contributed by atoms with Gasteiger partial charge >= 0.3 is 0 Å². The number of likely N-dealkylation sites (tertiary alicyclic amines) is 1. The molecule has 0 aliphatic carbocycles. The van der Waals surface area contributed by atoms with Crippen molar-refractivity contribution in [2.24, 2.45) is 11.8 Å². The van der Waals surface area contributed by atoms with Crippen LogP contribution in [0.25, 0.3) is 0 Å². The summed E-state index contributed by atoms with van der Waals surface area (Å²) < 4.78 is 0. The van der Waals surface area contributed by atoms with E-state index in [4.69, 9.17) is 0 Å². The van der Waals surface area contributed by atoms with E-state index in [0.717, 1.165) is 18.4 Å². The first-order chi connectivity index (χ1) is 10.1. The van der Waals surface area contributed by atoms with Crippen LogP contribution in [0.3, 0.4) is 0 Å². The van der Waals surface area contributed by atoms with Gasteiger partial charge in [0.05, 0.1) is 0 Å². The lowest BCUT2D eigenvalue weighted by molar-refractivity contribution is 0.274. The van der Waals surface area contributed by atoms with Gasteiger partial charge in [-0.25, -0.2) is 0 Å². The number of benzene rings is 1. The molecule has 0 spiro atoms. The number of rotatable bonds is 8. The van der Waals surface area contributed by atoms with Crippen molar-refractivity contribution in [1.82, 2.24) is 10.2 Å². The average molecular weight is 288 g/mol. The van der Waals surface area contributed by atoms with Gasteiger partial charge in [0.25, 0.3) is 0 Å². The monoisotopic (exact) mass is 288 g/mol. The third-order valence-electron chi connectivity index (χ3n) is 4.39. The van der Waals surface area contributed by atoms with Crippen molar-refractivity contribution >= 4 is 0 Å². The standard InChI is InChI=1S/C19H32N2/c1-16(2)13-19(18-9-5-4-6-10-18)20-14-17(3)15-21-11-7-8-12-21/h4-6,9-10,16-17,19-20H,7-8,11-15H2,1-3H3. The highest BCUT2D eigenvalue weighted by molar-refractivity contribution is 5.18. The van der Waals surface area contributed by atoms with Crippen molar-refractivity contribution in [2.75, 3.05) is 26.2 Å². The molecule has 0 radical (unpaired) electrons. The molecule has 1 aromatic carbocycles. The molecule has 0 bridgehead atoms. The van der Waals surface area contributed by atoms with Gasteiger partial charge in [-0.3, -0.25) is 0 Å². The van der Waals surface area contributed by atoms with Crippen molar-refractivity contribution in [3.63, 3.8) is 0 Å². The third-order valence-corrected chi connectivity index (χ3v) is 4.39. The molecule has 118 valence electrons. The lowest BCUT2D eigenvalue weighted by atomic mass is 9.96. The molecular weight excluding hydrogens is 256 g/mol. The fourth-order valence-electron chi connectivity index (χ4n) is 3.31. The molecule has 1 aliphatic heterocycles. The molecular formula is C19H32N2. The maximum atomic E-state index is 3.81. The zero-order valence-electron chi connectivity index (χ0n) is 14.0. The van der Waals surface area contributed by atoms with E-state index in [2.05, 4.69) is 61.3 Å². The van der Waals surface area contributed by atoms with Crippen LogP contribution in [0.5, 0.6) is 0 Å². The van der Waals surface area contributed by atoms with Gasteiger partial charge in [-0.15, -0.1) is 0 Å². The summed E-state index contributed by atoms with van der Waals surface area (Å²) in [5, 5.41) is 3.81. The van der Waals surface area contributed by atoms with E-state index in [0.29, 0.717) is 6.04 Å². The van der Waals surface area contributed by atoms with Crippen LogP contribution in [0.4, 0.5) is 0 Å². The molecule has 2 unspecified atom stereocenters. The number of nitrogens with zero attached hydrogens (tertiary/aromatic N) is 1. The fraction of sp³-hybridized carbons (Fsp3) is 0.684. The van der Waals surface area contributed by atoms with Crippen LogP contribution in [-0.2, 0) is 0 Å². The predicted molar refractivity (Wildman–Crippen MR) is 91.5 cm³/mol. The molecule has 1 fully saturated rings. The molecule has 2 heteroatoms. The van der Waals surface area contributed by atoms with Crippen molar-refractivity contribution in [3.05, 3.63) is 35.9 Å². The fourth-order valence-corrected chi connectivity index (χ4v) is 3.31. The first-order valence-electron chi connectivity index (χ1n) is 8.66. The lowest BCUT2D eigenvalue weighted by Gasteiger charge is -2.25. The van der Waals surface area contributed by atoms with Gasteiger partial charge in [-0.1, -0.05) is 51.1 Å².